The van der Waals surface area contributed by atoms with Gasteiger partial charge in [0, 0.05) is 25.1 Å². The van der Waals surface area contributed by atoms with Crippen LogP contribution < -0.4 is 10.6 Å². The molecule has 0 radical (unpaired) electrons. The summed E-state index contributed by atoms with van der Waals surface area (Å²) in [5.41, 5.74) is 1.64. The first-order valence-corrected chi connectivity index (χ1v) is 7.07. The van der Waals surface area contributed by atoms with Crippen molar-refractivity contribution in [3.8, 4) is 0 Å². The highest BCUT2D eigenvalue weighted by Gasteiger charge is 2.27. The van der Waals surface area contributed by atoms with E-state index in [4.69, 9.17) is 0 Å². The van der Waals surface area contributed by atoms with Gasteiger partial charge < -0.3 is 10.6 Å². The topological polar surface area (TPSA) is 75.6 Å². The molecule has 0 spiro atoms. The van der Waals surface area contributed by atoms with Gasteiger partial charge in [-0.15, -0.1) is 0 Å². The van der Waals surface area contributed by atoms with Crippen molar-refractivity contribution < 1.29 is 13.2 Å². The smallest absolute Gasteiger partial charge is 0.359 e. The number of nitrogens with one attached hydrogen (secondary N) is 2. The molecule has 0 aliphatic carbocycles. The van der Waals surface area contributed by atoms with E-state index in [-0.39, 0.29) is 17.3 Å². The molecular formula is C15H13F3N6. The minimum Gasteiger partial charge on any atom is -0.359 e. The van der Waals surface area contributed by atoms with Crippen LogP contribution in [-0.2, 0) is 6.54 Å². The maximum absolute atomic E-state index is 12.5. The summed E-state index contributed by atoms with van der Waals surface area (Å²) >= 11 is 0. The molecule has 0 atom stereocenters. The van der Waals surface area contributed by atoms with E-state index in [0.717, 1.165) is 5.56 Å². The summed E-state index contributed by atoms with van der Waals surface area (Å²) in [6.07, 6.45) is 0.460. The molecule has 0 aromatic carbocycles. The highest BCUT2D eigenvalue weighted by atomic mass is 19.4. The fourth-order valence-electron chi connectivity index (χ4n) is 2.04. The third-order valence-electron chi connectivity index (χ3n) is 3.08. The van der Waals surface area contributed by atoms with Crippen molar-refractivity contribution in [3.05, 3.63) is 48.4 Å². The van der Waals surface area contributed by atoms with Crippen LogP contribution in [0.25, 0.3) is 11.0 Å². The van der Waals surface area contributed by atoms with Crippen LogP contribution in [0.2, 0.25) is 0 Å². The number of fused-ring (bicyclic) bond motifs is 1. The zero-order valence-electron chi connectivity index (χ0n) is 12.4. The van der Waals surface area contributed by atoms with E-state index in [1.165, 1.54) is 6.20 Å². The second-order valence-corrected chi connectivity index (χ2v) is 4.95. The first kappa shape index (κ1) is 15.9. The van der Waals surface area contributed by atoms with Gasteiger partial charge in [-0.3, -0.25) is 9.97 Å². The zero-order valence-corrected chi connectivity index (χ0v) is 12.4. The average Bonchev–Trinajstić information content (AvgIpc) is 2.58. The Bertz CT molecular complexity index is 822. The monoisotopic (exact) mass is 334 g/mol. The molecule has 0 saturated carbocycles. The number of hydrogen-bond donors (Lipinski definition) is 2. The molecule has 0 aliphatic rings. The second kappa shape index (κ2) is 6.65. The number of halogens is 3. The molecule has 0 bridgehead atoms. The summed E-state index contributed by atoms with van der Waals surface area (Å²) in [6.45, 7) is -0.796. The van der Waals surface area contributed by atoms with Crippen molar-refractivity contribution in [2.45, 2.75) is 12.7 Å². The van der Waals surface area contributed by atoms with Gasteiger partial charge in [-0.25, -0.2) is 4.98 Å². The first-order chi connectivity index (χ1) is 11.5. The Morgan fingerprint density at radius 3 is 2.58 bits per heavy atom. The summed E-state index contributed by atoms with van der Waals surface area (Å²) in [7, 11) is 0. The predicted octanol–water partition coefficient (Wildman–Crippen LogP) is 3.01. The lowest BCUT2D eigenvalue weighted by Gasteiger charge is -2.12. The highest BCUT2D eigenvalue weighted by Crippen LogP contribution is 2.22. The fourth-order valence-corrected chi connectivity index (χ4v) is 2.04. The van der Waals surface area contributed by atoms with E-state index in [0.29, 0.717) is 12.1 Å². The molecule has 0 unspecified atom stereocenters. The first-order valence-electron chi connectivity index (χ1n) is 7.07. The minimum atomic E-state index is -4.35. The maximum atomic E-state index is 12.5. The highest BCUT2D eigenvalue weighted by molar-refractivity contribution is 5.86. The lowest BCUT2D eigenvalue weighted by atomic mass is 10.3. The molecule has 3 rings (SSSR count). The van der Waals surface area contributed by atoms with Gasteiger partial charge in [0.2, 0.25) is 5.95 Å². The van der Waals surface area contributed by atoms with E-state index in [1.807, 2.05) is 6.07 Å². The lowest BCUT2D eigenvalue weighted by Crippen LogP contribution is -2.22. The van der Waals surface area contributed by atoms with Gasteiger partial charge in [-0.05, 0) is 23.8 Å². The normalized spacial score (nSPS) is 11.5. The van der Waals surface area contributed by atoms with E-state index < -0.39 is 12.7 Å². The Kier molecular flexibility index (Phi) is 4.41. The van der Waals surface area contributed by atoms with E-state index in [2.05, 4.69) is 30.6 Å². The van der Waals surface area contributed by atoms with Crippen LogP contribution in [0.15, 0.2) is 42.9 Å². The summed E-state index contributed by atoms with van der Waals surface area (Å²) in [4.78, 5) is 16.4. The Labute approximate surface area is 135 Å². The maximum Gasteiger partial charge on any atom is 0.405 e. The number of nitrogens with zero attached hydrogens (tertiary/aromatic N) is 4. The average molecular weight is 334 g/mol. The number of aromatic nitrogens is 4. The summed E-state index contributed by atoms with van der Waals surface area (Å²) in [6, 6.07) is 6.98. The molecule has 6 nitrogen and oxygen atoms in total. The van der Waals surface area contributed by atoms with Crippen LogP contribution in [0.4, 0.5) is 24.9 Å². The van der Waals surface area contributed by atoms with Crippen molar-refractivity contribution >= 4 is 22.8 Å². The van der Waals surface area contributed by atoms with Gasteiger partial charge in [0.15, 0.2) is 5.82 Å². The van der Waals surface area contributed by atoms with Gasteiger partial charge in [-0.2, -0.15) is 18.2 Å². The van der Waals surface area contributed by atoms with Gasteiger partial charge in [0.05, 0.1) is 5.52 Å². The largest absolute Gasteiger partial charge is 0.405 e. The summed E-state index contributed by atoms with van der Waals surface area (Å²) in [5, 5.41) is 5.25. The molecule has 124 valence electrons. The molecule has 3 aromatic heterocycles. The van der Waals surface area contributed by atoms with Crippen molar-refractivity contribution in [3.63, 3.8) is 0 Å². The molecule has 3 aromatic rings. The quantitative estimate of drug-likeness (QED) is 0.747. The van der Waals surface area contributed by atoms with Crippen LogP contribution in [0, 0.1) is 0 Å². The van der Waals surface area contributed by atoms with Gasteiger partial charge in [0.1, 0.15) is 12.1 Å². The third kappa shape index (κ3) is 4.06. The SMILES string of the molecule is FC(F)(F)CNc1nc(NCc2cccnc2)nc2cccnc12. The lowest BCUT2D eigenvalue weighted by molar-refractivity contribution is -0.115. The third-order valence-corrected chi connectivity index (χ3v) is 3.08. The second-order valence-electron chi connectivity index (χ2n) is 4.95. The number of alkyl halides is 3. The van der Waals surface area contributed by atoms with Gasteiger partial charge in [-0.1, -0.05) is 6.07 Å². The number of rotatable bonds is 5. The molecule has 0 amide bonds. The van der Waals surface area contributed by atoms with Crippen molar-refractivity contribution in [1.29, 1.82) is 0 Å². The Balaban J connectivity index is 1.85. The molecule has 2 N–H and O–H groups in total. The van der Waals surface area contributed by atoms with E-state index in [9.17, 15) is 13.2 Å². The van der Waals surface area contributed by atoms with Crippen LogP contribution in [0.3, 0.4) is 0 Å². The molecule has 0 fully saturated rings. The molecule has 0 aliphatic heterocycles. The summed E-state index contributed by atoms with van der Waals surface area (Å²) < 4.78 is 37.4. The van der Waals surface area contributed by atoms with E-state index >= 15 is 0 Å². The minimum absolute atomic E-state index is 0.0339. The number of hydrogen-bond acceptors (Lipinski definition) is 6. The van der Waals surface area contributed by atoms with Crippen LogP contribution in [0.1, 0.15) is 5.56 Å². The zero-order chi connectivity index (χ0) is 17.0. The molecule has 9 heteroatoms. The molecule has 3 heterocycles. The van der Waals surface area contributed by atoms with Crippen molar-refractivity contribution in [2.75, 3.05) is 17.2 Å². The Morgan fingerprint density at radius 2 is 1.83 bits per heavy atom. The van der Waals surface area contributed by atoms with Crippen molar-refractivity contribution in [2.24, 2.45) is 0 Å². The Morgan fingerprint density at radius 1 is 1.00 bits per heavy atom. The molecule has 24 heavy (non-hydrogen) atoms. The number of anilines is 2. The summed E-state index contributed by atoms with van der Waals surface area (Å²) in [5.74, 6) is 0.246. The predicted molar refractivity (Wildman–Crippen MR) is 83.4 cm³/mol. The van der Waals surface area contributed by atoms with Crippen molar-refractivity contribution in [1.82, 2.24) is 19.9 Å². The fraction of sp³-hybridized carbons (Fsp3) is 0.200. The van der Waals surface area contributed by atoms with Gasteiger partial charge in [0.25, 0.3) is 0 Å². The van der Waals surface area contributed by atoms with Gasteiger partial charge >= 0.3 is 6.18 Å². The molecular weight excluding hydrogens is 321 g/mol. The Hall–Kier alpha value is -2.97. The molecule has 0 saturated heterocycles. The van der Waals surface area contributed by atoms with Crippen LogP contribution in [0.5, 0.6) is 0 Å². The van der Waals surface area contributed by atoms with E-state index in [1.54, 1.807) is 30.6 Å². The number of pyridine rings is 2. The standard InChI is InChI=1S/C15H13F3N6/c16-15(17,18)9-22-13-12-11(4-2-6-20-12)23-14(24-13)21-8-10-3-1-5-19-7-10/h1-7H,8-9H2,(H2,21,22,23,24). The van der Waals surface area contributed by atoms with Crippen LogP contribution in [-0.4, -0.2) is 32.7 Å². The van der Waals surface area contributed by atoms with Crippen LogP contribution >= 0.6 is 0 Å².